The molecule has 3 aliphatic carbocycles. The second-order valence-corrected chi connectivity index (χ2v) is 28.3. The molecule has 478 valence electrons. The van der Waals surface area contributed by atoms with E-state index in [1.165, 1.54) is 4.90 Å². The first-order valence-electron chi connectivity index (χ1n) is 31.7. The van der Waals surface area contributed by atoms with E-state index in [1.54, 1.807) is 79.2 Å². The molecule has 2 saturated heterocycles. The van der Waals surface area contributed by atoms with Crippen LogP contribution in [0.15, 0.2) is 66.7 Å². The van der Waals surface area contributed by atoms with Crippen molar-refractivity contribution in [2.75, 3.05) is 39.3 Å². The third-order valence-corrected chi connectivity index (χ3v) is 21.8. The van der Waals surface area contributed by atoms with E-state index >= 15 is 0 Å². The van der Waals surface area contributed by atoms with E-state index in [-0.39, 0.29) is 75.9 Å². The summed E-state index contributed by atoms with van der Waals surface area (Å²) in [7, 11) is 3.10. The van der Waals surface area contributed by atoms with Gasteiger partial charge in [-0.2, -0.15) is 0 Å². The molecule has 3 aromatic carbocycles. The van der Waals surface area contributed by atoms with Crippen molar-refractivity contribution >= 4 is 52.6 Å². The molecule has 0 spiro atoms. The smallest absolute Gasteiger partial charge is 0.411 e. The molecule has 6 aliphatic rings. The predicted octanol–water partition coefficient (Wildman–Crippen LogP) is 9.82. The van der Waals surface area contributed by atoms with Crippen molar-refractivity contribution in [3.8, 4) is 11.5 Å². The predicted molar refractivity (Wildman–Crippen MR) is 326 cm³/mol. The van der Waals surface area contributed by atoms with Gasteiger partial charge in [-0.25, -0.2) is 4.79 Å². The number of benzene rings is 3. The van der Waals surface area contributed by atoms with E-state index < -0.39 is 122 Å². The molecule has 3 aromatic rings. The maximum absolute atomic E-state index is 14.7. The third-order valence-electron chi connectivity index (χ3n) is 21.8. The van der Waals surface area contributed by atoms with Crippen molar-refractivity contribution in [2.45, 2.75) is 200 Å². The lowest BCUT2D eigenvalue weighted by Gasteiger charge is -2.63. The molecule has 0 aromatic heterocycles. The number of carbonyl (C=O) groups excluding carboxylic acids is 8. The lowest BCUT2D eigenvalue weighted by molar-refractivity contribution is -0.251. The number of anilines is 1. The number of amides is 2. The monoisotopic (exact) mass is 1220 g/mol. The number of fused-ring (bicyclic) bond motifs is 7. The Hall–Kier alpha value is -6.34. The summed E-state index contributed by atoms with van der Waals surface area (Å²) in [4.78, 5) is 115. The number of rotatable bonds is 20. The molecule has 3 saturated carbocycles. The molecular weight excluding hydrogens is 1120 g/mol. The van der Waals surface area contributed by atoms with Crippen LogP contribution in [0.1, 0.15) is 168 Å². The number of cyclic esters (lactones) is 1. The maximum Gasteiger partial charge on any atom is 0.411 e. The average Bonchev–Trinajstić information content (AvgIpc) is 0.725. The molecule has 0 radical (unpaired) electrons. The fourth-order valence-electron chi connectivity index (χ4n) is 15.2. The summed E-state index contributed by atoms with van der Waals surface area (Å²) in [6, 6.07) is 19.2. The van der Waals surface area contributed by atoms with Gasteiger partial charge in [0.15, 0.2) is 23.4 Å². The van der Waals surface area contributed by atoms with Crippen molar-refractivity contribution in [3.05, 3.63) is 89.0 Å². The summed E-state index contributed by atoms with van der Waals surface area (Å²) in [5, 5.41) is 27.3. The van der Waals surface area contributed by atoms with Crippen LogP contribution in [0, 0.1) is 45.8 Å². The summed E-state index contributed by atoms with van der Waals surface area (Å²) in [5.74, 6) is -5.27. The van der Waals surface area contributed by atoms with Crippen LogP contribution in [0.4, 0.5) is 10.5 Å². The SMILES string of the molecule is CCC(C)(C)C(=O)C(=O)C1CCCCN1C(=O)OC(CCc1ccc(OC)c(OC)c1)c1cccc(NC(=O)C(C)(C)OCCC2(C)CC(=O)OC(C(=O)CC3CC4(O)CC5C6COC6CC(O)C5(C)C(=O)C(=O)C(C3C)C4(C)C)Cc3cccc2c3)c1. The number of ether oxygens (including phenoxy) is 6. The van der Waals surface area contributed by atoms with Crippen LogP contribution in [0.2, 0.25) is 0 Å². The van der Waals surface area contributed by atoms with Gasteiger partial charge in [-0.05, 0) is 143 Å². The highest BCUT2D eigenvalue weighted by Crippen LogP contribution is 2.63. The molecule has 5 fully saturated rings. The summed E-state index contributed by atoms with van der Waals surface area (Å²) < 4.78 is 35.6. The summed E-state index contributed by atoms with van der Waals surface area (Å²) in [6.45, 7) is 18.4. The lowest BCUT2D eigenvalue weighted by Crippen LogP contribution is -2.70. The van der Waals surface area contributed by atoms with Gasteiger partial charge >= 0.3 is 12.1 Å². The van der Waals surface area contributed by atoms with Gasteiger partial charge in [0.05, 0.1) is 50.5 Å². The molecule has 4 bridgehead atoms. The number of piperidine rings is 1. The van der Waals surface area contributed by atoms with Gasteiger partial charge in [0.1, 0.15) is 17.7 Å². The standard InChI is InChI=1S/C70H92N2O16/c1-13-65(3,4)61(78)59(76)49-22-14-15-28-72(49)64(81)88-51(25-23-41-24-26-52(83-11)55(31-41)84-12)43-19-17-21-46(33-43)71-63(80)67(7,8)86-29-27-68(9)38-57(75)87-54(32-42-18-16-20-45(68)30-42)50(73)34-44-36-70(82)37-48-47-39-85-53(47)35-56(74)69(48,10)62(79)60(77)58(40(44)2)66(70,5)6/h16-21,24,26,30-31,33,40,44,47-49,51,53-54,56,58,74,82H,13-15,22-23,25,27-29,32,34-39H2,1-12H3,(H,71,80). The number of hydrogen-bond acceptors (Lipinski definition) is 16. The summed E-state index contributed by atoms with van der Waals surface area (Å²) in [5.41, 5.74) is -3.59. The highest BCUT2D eigenvalue weighted by Gasteiger charge is 2.69. The van der Waals surface area contributed by atoms with Crippen molar-refractivity contribution in [2.24, 2.45) is 45.8 Å². The zero-order valence-corrected chi connectivity index (χ0v) is 53.5. The molecule has 2 amide bonds. The van der Waals surface area contributed by atoms with E-state index in [4.69, 9.17) is 28.4 Å². The number of nitrogens with one attached hydrogen (secondary N) is 1. The number of likely N-dealkylation sites (tertiary alicyclic amines) is 1. The van der Waals surface area contributed by atoms with E-state index in [9.17, 15) is 48.6 Å². The Morgan fingerprint density at radius 3 is 2.32 bits per heavy atom. The van der Waals surface area contributed by atoms with E-state index in [1.807, 2.05) is 71.0 Å². The van der Waals surface area contributed by atoms with Crippen molar-refractivity contribution in [1.29, 1.82) is 0 Å². The molecule has 13 atom stereocenters. The van der Waals surface area contributed by atoms with E-state index in [0.717, 1.165) is 16.7 Å². The van der Waals surface area contributed by atoms with Crippen LogP contribution in [0.25, 0.3) is 0 Å². The minimum Gasteiger partial charge on any atom is -0.493 e. The van der Waals surface area contributed by atoms with Crippen LogP contribution in [-0.4, -0.2) is 132 Å². The number of hydrogen-bond donors (Lipinski definition) is 3. The van der Waals surface area contributed by atoms with Gasteiger partial charge in [0.25, 0.3) is 5.91 Å². The van der Waals surface area contributed by atoms with Crippen LogP contribution in [-0.2, 0) is 70.8 Å². The zero-order valence-electron chi connectivity index (χ0n) is 53.5. The second kappa shape index (κ2) is 25.5. The molecule has 18 nitrogen and oxygen atoms in total. The number of aryl methyl sites for hydroxylation is 1. The van der Waals surface area contributed by atoms with Crippen LogP contribution in [0.5, 0.6) is 11.5 Å². The second-order valence-electron chi connectivity index (χ2n) is 28.3. The molecule has 9 rings (SSSR count). The van der Waals surface area contributed by atoms with Gasteiger partial charge in [0, 0.05) is 66.2 Å². The normalized spacial score (nSPS) is 30.6. The maximum atomic E-state index is 14.7. The van der Waals surface area contributed by atoms with E-state index in [2.05, 4.69) is 5.32 Å². The summed E-state index contributed by atoms with van der Waals surface area (Å²) in [6.07, 6.45) is -0.506. The molecule has 3 N–H and O–H groups in total. The first-order chi connectivity index (χ1) is 41.4. The molecule has 3 aliphatic heterocycles. The number of esters is 1. The number of ketones is 5. The van der Waals surface area contributed by atoms with E-state index in [0.29, 0.717) is 67.9 Å². The Morgan fingerprint density at radius 2 is 1.62 bits per heavy atom. The molecule has 88 heavy (non-hydrogen) atoms. The number of carbonyl (C=O) groups is 8. The fourth-order valence-corrected chi connectivity index (χ4v) is 15.2. The Balaban J connectivity index is 0.860. The minimum atomic E-state index is -1.47. The van der Waals surface area contributed by atoms with Gasteiger partial charge in [-0.3, -0.25) is 38.5 Å². The van der Waals surface area contributed by atoms with Crippen LogP contribution in [0.3, 0.4) is 0 Å². The summed E-state index contributed by atoms with van der Waals surface area (Å²) >= 11 is 0. The highest BCUT2D eigenvalue weighted by molar-refractivity contribution is 6.41. The molecular formula is C70H92N2O16. The van der Waals surface area contributed by atoms with Crippen LogP contribution >= 0.6 is 0 Å². The number of Topliss-reactive ketones (excluding diaryl/α,β-unsaturated/α-hetero) is 5. The quantitative estimate of drug-likeness (QED) is 0.0703. The molecule has 13 unspecified atom stereocenters. The van der Waals surface area contributed by atoms with Gasteiger partial charge in [-0.1, -0.05) is 90.9 Å². The first-order valence-corrected chi connectivity index (χ1v) is 31.7. The number of methoxy groups -OCH3 is 2. The molecule has 18 heteroatoms. The Labute approximate surface area is 517 Å². The van der Waals surface area contributed by atoms with Gasteiger partial charge < -0.3 is 44.0 Å². The lowest BCUT2D eigenvalue weighted by atomic mass is 9.43. The Morgan fingerprint density at radius 1 is 0.898 bits per heavy atom. The topological polar surface area (TPSA) is 248 Å². The van der Waals surface area contributed by atoms with Gasteiger partial charge in [0.2, 0.25) is 23.1 Å². The first kappa shape index (κ1) is 66.1. The molecule has 3 heterocycles. The van der Waals surface area contributed by atoms with Crippen molar-refractivity contribution in [1.82, 2.24) is 4.90 Å². The average molecular weight is 1220 g/mol. The fraction of sp³-hybridized carbons (Fsp3) is 0.629. The third kappa shape index (κ3) is 12.7. The Kier molecular flexibility index (Phi) is 19.2. The number of nitrogens with zero attached hydrogens (tertiary/aromatic N) is 1. The van der Waals surface area contributed by atoms with Gasteiger partial charge in [-0.15, -0.1) is 0 Å². The van der Waals surface area contributed by atoms with Crippen molar-refractivity contribution in [3.63, 3.8) is 0 Å². The minimum absolute atomic E-state index is 0.0428. The largest absolute Gasteiger partial charge is 0.493 e. The van der Waals surface area contributed by atoms with Crippen LogP contribution < -0.4 is 14.8 Å². The highest BCUT2D eigenvalue weighted by atomic mass is 16.6. The number of aliphatic hydroxyl groups excluding tert-OH is 1. The Bertz CT molecular complexity index is 3190. The zero-order chi connectivity index (χ0) is 64.1. The van der Waals surface area contributed by atoms with Crippen molar-refractivity contribution < 1.29 is 77.0 Å². The number of aliphatic hydroxyl groups is 2.